The molecule has 1 N–H and O–H groups in total. The number of aromatic nitrogens is 1. The van der Waals surface area contributed by atoms with Crippen molar-refractivity contribution in [2.75, 3.05) is 6.54 Å². The topological polar surface area (TPSA) is 152 Å². The summed E-state index contributed by atoms with van der Waals surface area (Å²) in [7, 11) is 1.27. The van der Waals surface area contributed by atoms with Gasteiger partial charge in [0.2, 0.25) is 5.88 Å². The van der Waals surface area contributed by atoms with E-state index in [-0.39, 0.29) is 50.2 Å². The van der Waals surface area contributed by atoms with Gasteiger partial charge in [-0.1, -0.05) is 0 Å². The largest absolute Gasteiger partial charge is 0.493 e. The molecule has 11 heteroatoms. The van der Waals surface area contributed by atoms with Gasteiger partial charge >= 0.3 is 0 Å². The van der Waals surface area contributed by atoms with Crippen molar-refractivity contribution < 1.29 is 14.7 Å². The van der Waals surface area contributed by atoms with Gasteiger partial charge in [0, 0.05) is 19.2 Å². The van der Waals surface area contributed by atoms with Gasteiger partial charge in [0.05, 0.1) is 21.2 Å². The van der Waals surface area contributed by atoms with Crippen LogP contribution in [0.15, 0.2) is 25.6 Å². The summed E-state index contributed by atoms with van der Waals surface area (Å²) < 4.78 is 0.960. The van der Waals surface area contributed by atoms with Gasteiger partial charge in [-0.3, -0.25) is 23.9 Å². The highest BCUT2D eigenvalue weighted by atomic mass is 79.9. The predicted octanol–water partition coefficient (Wildman–Crippen LogP) is 2.94. The Labute approximate surface area is 178 Å². The van der Waals surface area contributed by atoms with Crippen LogP contribution in [-0.4, -0.2) is 32.9 Å². The van der Waals surface area contributed by atoms with Crippen LogP contribution in [0.2, 0.25) is 0 Å². The molecule has 2 aromatic rings. The number of aromatic hydroxyl groups is 1. The van der Waals surface area contributed by atoms with Gasteiger partial charge in [0.15, 0.2) is 5.69 Å². The Hall–Kier alpha value is -3.83. The number of rotatable bonds is 3. The second-order valence-electron chi connectivity index (χ2n) is 6.32. The van der Waals surface area contributed by atoms with Crippen LogP contribution in [0.25, 0.3) is 0 Å². The number of imide groups is 1. The molecule has 1 aliphatic heterocycles. The number of amides is 2. The number of nitriles is 2. The van der Waals surface area contributed by atoms with E-state index in [1.165, 1.54) is 20.0 Å². The van der Waals surface area contributed by atoms with E-state index in [9.17, 15) is 30.0 Å². The minimum atomic E-state index is -0.688. The van der Waals surface area contributed by atoms with E-state index in [1.807, 2.05) is 6.07 Å². The number of halogens is 1. The smallest absolute Gasteiger partial charge is 0.271 e. The molecule has 0 bridgehead atoms. The lowest BCUT2D eigenvalue weighted by Gasteiger charge is -2.10. The van der Waals surface area contributed by atoms with E-state index in [0.717, 1.165) is 9.47 Å². The molecule has 0 fully saturated rings. The minimum Gasteiger partial charge on any atom is -0.493 e. The maximum absolute atomic E-state index is 12.6. The van der Waals surface area contributed by atoms with E-state index in [0.29, 0.717) is 0 Å². The number of carbonyl (C=O) groups excluding carboxylic acids is 2. The predicted molar refractivity (Wildman–Crippen MR) is 107 cm³/mol. The number of pyridine rings is 1. The summed E-state index contributed by atoms with van der Waals surface area (Å²) in [6, 6.07) is 4.93. The lowest BCUT2D eigenvalue weighted by atomic mass is 10.0. The van der Waals surface area contributed by atoms with Gasteiger partial charge in [-0.05, 0) is 35.8 Å². The van der Waals surface area contributed by atoms with Crippen molar-refractivity contribution in [1.29, 1.82) is 10.5 Å². The first-order valence-corrected chi connectivity index (χ1v) is 9.35. The molecule has 0 radical (unpaired) electrons. The first-order chi connectivity index (χ1) is 14.2. The average molecular weight is 469 g/mol. The lowest BCUT2D eigenvalue weighted by molar-refractivity contribution is 0.0662. The summed E-state index contributed by atoms with van der Waals surface area (Å²) >= 11 is 3.24. The second-order valence-corrected chi connectivity index (χ2v) is 7.12. The Morgan fingerprint density at radius 2 is 1.77 bits per heavy atom. The normalized spacial score (nSPS) is 12.9. The third kappa shape index (κ3) is 2.88. The molecule has 1 aliphatic rings. The molecule has 1 aromatic carbocycles. The number of hydrogen-bond acceptors (Lipinski definition) is 8. The highest BCUT2D eigenvalue weighted by Gasteiger charge is 2.38. The zero-order valence-corrected chi connectivity index (χ0v) is 17.6. The fraction of sp³-hybridized carbons (Fsp3) is 0.211. The number of carbonyl (C=O) groups is 2. The van der Waals surface area contributed by atoms with Crippen molar-refractivity contribution in [3.63, 3.8) is 0 Å². The summed E-state index contributed by atoms with van der Waals surface area (Å²) in [5, 5.41) is 36.9. The standard InChI is InChI=1S/C19H13BrN6O4/c1-4-26-17(28)10-5-9(6-21)15(13(20)12(10)18(26)29)24-23-14-8(2)11(7-22)16(27)25(3)19(14)30/h5,30H,4H2,1-3H3/b24-23+. The lowest BCUT2D eigenvalue weighted by Crippen LogP contribution is -2.29. The molecular formula is C19H13BrN6O4. The molecule has 0 saturated carbocycles. The monoisotopic (exact) mass is 468 g/mol. The molecule has 2 heterocycles. The number of azo groups is 1. The summed E-state index contributed by atoms with van der Waals surface area (Å²) in [4.78, 5) is 38.1. The highest BCUT2D eigenvalue weighted by molar-refractivity contribution is 9.10. The van der Waals surface area contributed by atoms with Crippen LogP contribution < -0.4 is 5.56 Å². The molecule has 0 spiro atoms. The van der Waals surface area contributed by atoms with Crippen LogP contribution >= 0.6 is 15.9 Å². The zero-order chi connectivity index (χ0) is 22.3. The van der Waals surface area contributed by atoms with E-state index in [4.69, 9.17) is 0 Å². The number of benzene rings is 1. The van der Waals surface area contributed by atoms with Crippen molar-refractivity contribution in [2.24, 2.45) is 17.3 Å². The minimum absolute atomic E-state index is 0.0223. The first kappa shape index (κ1) is 20.9. The van der Waals surface area contributed by atoms with Gasteiger partial charge in [-0.25, -0.2) is 0 Å². The summed E-state index contributed by atoms with van der Waals surface area (Å²) in [6.45, 7) is 3.25. The van der Waals surface area contributed by atoms with Crippen molar-refractivity contribution in [3.8, 4) is 18.0 Å². The maximum Gasteiger partial charge on any atom is 0.271 e. The molecular weight excluding hydrogens is 456 g/mol. The third-order valence-corrected chi connectivity index (χ3v) is 5.52. The van der Waals surface area contributed by atoms with E-state index < -0.39 is 23.3 Å². The van der Waals surface area contributed by atoms with Gasteiger partial charge < -0.3 is 5.11 Å². The molecule has 0 saturated heterocycles. The first-order valence-electron chi connectivity index (χ1n) is 8.56. The van der Waals surface area contributed by atoms with Gasteiger partial charge in [-0.2, -0.15) is 10.5 Å². The Bertz CT molecular complexity index is 1310. The average Bonchev–Trinajstić information content (AvgIpc) is 2.97. The van der Waals surface area contributed by atoms with E-state index in [1.54, 1.807) is 13.0 Å². The molecule has 150 valence electrons. The van der Waals surface area contributed by atoms with Crippen molar-refractivity contribution in [1.82, 2.24) is 9.47 Å². The van der Waals surface area contributed by atoms with Crippen LogP contribution in [0.3, 0.4) is 0 Å². The summed E-state index contributed by atoms with van der Waals surface area (Å²) in [5.74, 6) is -1.55. The summed E-state index contributed by atoms with van der Waals surface area (Å²) in [6.07, 6.45) is 0. The molecule has 3 rings (SSSR count). The Kier molecular flexibility index (Phi) is 5.25. The fourth-order valence-corrected chi connectivity index (χ4v) is 3.76. The number of hydrogen-bond donors (Lipinski definition) is 1. The molecule has 0 aliphatic carbocycles. The molecule has 0 atom stereocenters. The molecule has 30 heavy (non-hydrogen) atoms. The van der Waals surface area contributed by atoms with Crippen molar-refractivity contribution in [3.05, 3.63) is 48.7 Å². The second kappa shape index (κ2) is 7.54. The SMILES string of the molecule is CCN1C(=O)c2cc(C#N)c(/N=N/c3c(C)c(C#N)c(=O)n(C)c3O)c(Br)c2C1=O. The van der Waals surface area contributed by atoms with Crippen LogP contribution in [-0.2, 0) is 7.05 Å². The molecule has 0 unspecified atom stereocenters. The van der Waals surface area contributed by atoms with Crippen LogP contribution in [0.5, 0.6) is 5.88 Å². The maximum atomic E-state index is 12.6. The Balaban J connectivity index is 2.24. The van der Waals surface area contributed by atoms with E-state index in [2.05, 4.69) is 26.2 Å². The van der Waals surface area contributed by atoms with Gasteiger partial charge in [-0.15, -0.1) is 10.2 Å². The van der Waals surface area contributed by atoms with Crippen LogP contribution in [0, 0.1) is 29.6 Å². The molecule has 1 aromatic heterocycles. The third-order valence-electron chi connectivity index (χ3n) is 4.75. The Morgan fingerprint density at radius 3 is 2.33 bits per heavy atom. The number of fused-ring (bicyclic) bond motifs is 1. The molecule has 10 nitrogen and oxygen atoms in total. The zero-order valence-electron chi connectivity index (χ0n) is 16.0. The van der Waals surface area contributed by atoms with Crippen molar-refractivity contribution >= 4 is 39.1 Å². The van der Waals surface area contributed by atoms with Gasteiger partial charge in [0.1, 0.15) is 23.4 Å². The molecule has 2 amide bonds. The fourth-order valence-electron chi connectivity index (χ4n) is 3.08. The van der Waals surface area contributed by atoms with Crippen molar-refractivity contribution in [2.45, 2.75) is 13.8 Å². The summed E-state index contributed by atoms with van der Waals surface area (Å²) in [5.41, 5.74) is -0.828. The quantitative estimate of drug-likeness (QED) is 0.539. The van der Waals surface area contributed by atoms with E-state index >= 15 is 0 Å². The Morgan fingerprint density at radius 1 is 1.13 bits per heavy atom. The van der Waals surface area contributed by atoms with Gasteiger partial charge in [0.25, 0.3) is 17.4 Å². The number of nitrogens with zero attached hydrogens (tertiary/aromatic N) is 6. The van der Waals surface area contributed by atoms with Crippen LogP contribution in [0.1, 0.15) is 44.3 Å². The van der Waals surface area contributed by atoms with Crippen LogP contribution in [0.4, 0.5) is 11.4 Å². The highest BCUT2D eigenvalue weighted by Crippen LogP contribution is 2.40.